The third-order valence-electron chi connectivity index (χ3n) is 5.12. The van der Waals surface area contributed by atoms with E-state index in [4.69, 9.17) is 16.3 Å². The Morgan fingerprint density at radius 1 is 1.31 bits per heavy atom. The summed E-state index contributed by atoms with van der Waals surface area (Å²) < 4.78 is 7.14. The highest BCUT2D eigenvalue weighted by molar-refractivity contribution is 6.30. The standard InChI is InChI=1S/C20H19ClN4O4/c1-11-10-29-16(12-4-3-5-14(21)6-12)9-25(11)19(27)13-7-15-17(22-8-13)24(2)20(28)23-18(15)26/h3-8,11,16H,9-10H2,1-2H3,(H,23,26,28). The number of morpholine rings is 1. The van der Waals surface area contributed by atoms with Gasteiger partial charge in [0, 0.05) is 18.3 Å². The second-order valence-corrected chi connectivity index (χ2v) is 7.53. The summed E-state index contributed by atoms with van der Waals surface area (Å²) in [6, 6.07) is 8.68. The van der Waals surface area contributed by atoms with Crippen LogP contribution in [-0.4, -0.2) is 44.5 Å². The number of carbonyl (C=O) groups is 1. The van der Waals surface area contributed by atoms with Gasteiger partial charge >= 0.3 is 5.69 Å². The number of aromatic nitrogens is 3. The topological polar surface area (TPSA) is 97.3 Å². The minimum atomic E-state index is -0.572. The van der Waals surface area contributed by atoms with Crippen molar-refractivity contribution in [2.75, 3.05) is 13.2 Å². The van der Waals surface area contributed by atoms with Crippen molar-refractivity contribution in [2.45, 2.75) is 19.1 Å². The molecule has 3 heterocycles. The second-order valence-electron chi connectivity index (χ2n) is 7.10. The summed E-state index contributed by atoms with van der Waals surface area (Å²) in [5, 5.41) is 0.788. The van der Waals surface area contributed by atoms with E-state index in [-0.39, 0.29) is 34.6 Å². The largest absolute Gasteiger partial charge is 0.370 e. The molecular formula is C20H19ClN4O4. The predicted molar refractivity (Wildman–Crippen MR) is 108 cm³/mol. The van der Waals surface area contributed by atoms with Crippen molar-refractivity contribution in [3.8, 4) is 0 Å². The summed E-state index contributed by atoms with van der Waals surface area (Å²) in [5.74, 6) is -0.254. The van der Waals surface area contributed by atoms with E-state index in [2.05, 4.69) is 9.97 Å². The number of aromatic amines is 1. The monoisotopic (exact) mass is 414 g/mol. The van der Waals surface area contributed by atoms with Crippen LogP contribution in [-0.2, 0) is 11.8 Å². The Bertz CT molecular complexity index is 1220. The summed E-state index contributed by atoms with van der Waals surface area (Å²) in [4.78, 5) is 45.2. The molecule has 1 fully saturated rings. The van der Waals surface area contributed by atoms with Crippen molar-refractivity contribution in [1.29, 1.82) is 0 Å². The lowest BCUT2D eigenvalue weighted by molar-refractivity contribution is -0.0486. The lowest BCUT2D eigenvalue weighted by Gasteiger charge is -2.38. The SMILES string of the molecule is CC1COC(c2cccc(Cl)c2)CN1C(=O)c1cnc2c(c1)c(=O)[nH]c(=O)n2C. The van der Waals surface area contributed by atoms with Gasteiger partial charge in [-0.05, 0) is 30.7 Å². The highest BCUT2D eigenvalue weighted by atomic mass is 35.5. The fraction of sp³-hybridized carbons (Fsp3) is 0.300. The third-order valence-corrected chi connectivity index (χ3v) is 5.35. The van der Waals surface area contributed by atoms with Crippen molar-refractivity contribution in [2.24, 2.45) is 7.05 Å². The van der Waals surface area contributed by atoms with Gasteiger partial charge < -0.3 is 9.64 Å². The van der Waals surface area contributed by atoms with Crippen LogP contribution < -0.4 is 11.2 Å². The number of nitrogens with one attached hydrogen (secondary N) is 1. The van der Waals surface area contributed by atoms with Crippen LogP contribution in [0.15, 0.2) is 46.1 Å². The maximum atomic E-state index is 13.2. The molecule has 9 heteroatoms. The van der Waals surface area contributed by atoms with Crippen molar-refractivity contribution in [3.63, 3.8) is 0 Å². The fourth-order valence-electron chi connectivity index (χ4n) is 3.47. The Morgan fingerprint density at radius 2 is 2.10 bits per heavy atom. The first-order valence-corrected chi connectivity index (χ1v) is 9.50. The Morgan fingerprint density at radius 3 is 2.86 bits per heavy atom. The van der Waals surface area contributed by atoms with E-state index in [0.717, 1.165) is 5.56 Å². The van der Waals surface area contributed by atoms with Crippen molar-refractivity contribution < 1.29 is 9.53 Å². The van der Waals surface area contributed by atoms with E-state index in [1.165, 1.54) is 23.9 Å². The number of benzene rings is 1. The molecule has 0 saturated carbocycles. The first-order chi connectivity index (χ1) is 13.8. The molecule has 1 saturated heterocycles. The van der Waals surface area contributed by atoms with Crippen LogP contribution in [0.1, 0.15) is 28.9 Å². The molecule has 0 aliphatic carbocycles. The van der Waals surface area contributed by atoms with Crippen LogP contribution >= 0.6 is 11.6 Å². The Kier molecular flexibility index (Phi) is 4.97. The van der Waals surface area contributed by atoms with Gasteiger partial charge in [-0.2, -0.15) is 0 Å². The number of aryl methyl sites for hydroxylation is 1. The van der Waals surface area contributed by atoms with Gasteiger partial charge in [0.1, 0.15) is 11.8 Å². The minimum Gasteiger partial charge on any atom is -0.370 e. The third kappa shape index (κ3) is 3.56. The van der Waals surface area contributed by atoms with Gasteiger partial charge in [0.15, 0.2) is 0 Å². The first-order valence-electron chi connectivity index (χ1n) is 9.12. The van der Waals surface area contributed by atoms with Crippen LogP contribution in [0, 0.1) is 0 Å². The normalized spacial score (nSPS) is 19.5. The second kappa shape index (κ2) is 7.46. The van der Waals surface area contributed by atoms with Crippen molar-refractivity contribution >= 4 is 28.5 Å². The molecule has 1 aromatic carbocycles. The molecule has 1 aliphatic heterocycles. The number of carbonyl (C=O) groups excluding carboxylic acids is 1. The highest BCUT2D eigenvalue weighted by Crippen LogP contribution is 2.27. The number of halogens is 1. The zero-order valence-electron chi connectivity index (χ0n) is 15.9. The van der Waals surface area contributed by atoms with Gasteiger partial charge in [-0.1, -0.05) is 23.7 Å². The number of amides is 1. The number of ether oxygens (including phenoxy) is 1. The summed E-state index contributed by atoms with van der Waals surface area (Å²) >= 11 is 6.08. The summed E-state index contributed by atoms with van der Waals surface area (Å²) in [6.45, 7) is 2.62. The molecule has 3 aromatic rings. The van der Waals surface area contributed by atoms with Gasteiger partial charge in [0.05, 0.1) is 30.1 Å². The Hall–Kier alpha value is -2.97. The van der Waals surface area contributed by atoms with Gasteiger partial charge in [0.2, 0.25) is 0 Å². The van der Waals surface area contributed by atoms with Crippen molar-refractivity contribution in [1.82, 2.24) is 19.4 Å². The highest BCUT2D eigenvalue weighted by Gasteiger charge is 2.31. The lowest BCUT2D eigenvalue weighted by atomic mass is 10.0. The number of rotatable bonds is 2. The number of nitrogens with zero attached hydrogens (tertiary/aromatic N) is 3. The molecule has 2 aromatic heterocycles. The molecule has 0 spiro atoms. The molecule has 2 unspecified atom stereocenters. The predicted octanol–water partition coefficient (Wildman–Crippen LogP) is 1.88. The fourth-order valence-corrected chi connectivity index (χ4v) is 3.67. The van der Waals surface area contributed by atoms with Crippen LogP contribution in [0.2, 0.25) is 5.02 Å². The molecule has 0 bridgehead atoms. The molecule has 2 atom stereocenters. The average molecular weight is 415 g/mol. The maximum absolute atomic E-state index is 13.2. The van der Waals surface area contributed by atoms with E-state index in [1.54, 1.807) is 11.0 Å². The molecule has 4 rings (SSSR count). The first kappa shape index (κ1) is 19.4. The quantitative estimate of drug-likeness (QED) is 0.690. The zero-order chi connectivity index (χ0) is 20.7. The van der Waals surface area contributed by atoms with Crippen LogP contribution in [0.3, 0.4) is 0 Å². The van der Waals surface area contributed by atoms with Gasteiger partial charge in [-0.3, -0.25) is 19.1 Å². The molecule has 29 heavy (non-hydrogen) atoms. The van der Waals surface area contributed by atoms with Crippen molar-refractivity contribution in [3.05, 3.63) is 73.5 Å². The van der Waals surface area contributed by atoms with E-state index < -0.39 is 11.2 Å². The lowest BCUT2D eigenvalue weighted by Crippen LogP contribution is -2.48. The summed E-state index contributed by atoms with van der Waals surface area (Å²) in [7, 11) is 1.51. The van der Waals surface area contributed by atoms with E-state index in [1.807, 2.05) is 25.1 Å². The zero-order valence-corrected chi connectivity index (χ0v) is 16.6. The average Bonchev–Trinajstić information content (AvgIpc) is 2.71. The molecule has 1 N–H and O–H groups in total. The number of hydrogen-bond donors (Lipinski definition) is 1. The molecule has 1 amide bonds. The molecule has 8 nitrogen and oxygen atoms in total. The van der Waals surface area contributed by atoms with Crippen LogP contribution in [0.5, 0.6) is 0 Å². The number of pyridine rings is 1. The summed E-state index contributed by atoms with van der Waals surface area (Å²) in [5.41, 5.74) is 0.268. The molecule has 150 valence electrons. The minimum absolute atomic E-state index is 0.146. The van der Waals surface area contributed by atoms with Gasteiger partial charge in [0.25, 0.3) is 11.5 Å². The van der Waals surface area contributed by atoms with E-state index in [0.29, 0.717) is 18.2 Å². The number of H-pyrrole nitrogens is 1. The molecule has 1 aliphatic rings. The smallest absolute Gasteiger partial charge is 0.329 e. The number of hydrogen-bond acceptors (Lipinski definition) is 5. The van der Waals surface area contributed by atoms with Gasteiger partial charge in [-0.25, -0.2) is 9.78 Å². The molecule has 0 radical (unpaired) electrons. The van der Waals surface area contributed by atoms with Gasteiger partial charge in [-0.15, -0.1) is 0 Å². The number of fused-ring (bicyclic) bond motifs is 1. The van der Waals surface area contributed by atoms with E-state index >= 15 is 0 Å². The Labute approximate surface area is 170 Å². The maximum Gasteiger partial charge on any atom is 0.329 e. The van der Waals surface area contributed by atoms with E-state index in [9.17, 15) is 14.4 Å². The molecular weight excluding hydrogens is 396 g/mol. The van der Waals surface area contributed by atoms with Crippen LogP contribution in [0.4, 0.5) is 0 Å². The Balaban J connectivity index is 1.67. The summed E-state index contributed by atoms with van der Waals surface area (Å²) in [6.07, 6.45) is 1.09. The van der Waals surface area contributed by atoms with Crippen LogP contribution in [0.25, 0.3) is 11.0 Å².